The first-order valence-corrected chi connectivity index (χ1v) is 8.64. The summed E-state index contributed by atoms with van der Waals surface area (Å²) in [6.07, 6.45) is 4.55. The van der Waals surface area contributed by atoms with Gasteiger partial charge in [-0.25, -0.2) is 4.79 Å². The number of aromatic amines is 1. The van der Waals surface area contributed by atoms with Crippen molar-refractivity contribution >= 4 is 28.7 Å². The second-order valence-corrected chi connectivity index (χ2v) is 6.23. The van der Waals surface area contributed by atoms with Gasteiger partial charge in [-0.05, 0) is 24.5 Å². The molecular weight excluding hydrogens is 332 g/mol. The van der Waals surface area contributed by atoms with E-state index in [1.165, 1.54) is 4.90 Å². The first-order valence-electron chi connectivity index (χ1n) is 8.64. The lowest BCUT2D eigenvalue weighted by atomic mass is 10.1. The molecule has 1 atom stereocenters. The van der Waals surface area contributed by atoms with E-state index in [9.17, 15) is 14.4 Å². The van der Waals surface area contributed by atoms with Crippen molar-refractivity contribution in [3.63, 3.8) is 0 Å². The molecule has 0 bridgehead atoms. The number of carbonyl (C=O) groups excluding carboxylic acids is 3. The maximum atomic E-state index is 12.5. The number of amides is 4. The maximum Gasteiger partial charge on any atom is 0.324 e. The van der Waals surface area contributed by atoms with Crippen LogP contribution in [0.25, 0.3) is 10.9 Å². The third kappa shape index (κ3) is 3.77. The van der Waals surface area contributed by atoms with Crippen LogP contribution in [0.1, 0.15) is 18.4 Å². The summed E-state index contributed by atoms with van der Waals surface area (Å²) in [6.45, 7) is 4.23. The van der Waals surface area contributed by atoms with Crippen molar-refractivity contribution in [2.24, 2.45) is 0 Å². The first kappa shape index (κ1) is 17.7. The van der Waals surface area contributed by atoms with Crippen LogP contribution in [-0.4, -0.2) is 46.9 Å². The monoisotopic (exact) mass is 354 g/mol. The lowest BCUT2D eigenvalue weighted by molar-refractivity contribution is -0.127. The summed E-state index contributed by atoms with van der Waals surface area (Å²) in [7, 11) is 0. The minimum Gasteiger partial charge on any atom is -0.361 e. The predicted octanol–water partition coefficient (Wildman–Crippen LogP) is 1.71. The maximum absolute atomic E-state index is 12.5. The predicted molar refractivity (Wildman–Crippen MR) is 98.5 cm³/mol. The minimum atomic E-state index is -0.639. The molecule has 7 nitrogen and oxygen atoms in total. The fourth-order valence-electron chi connectivity index (χ4n) is 3.10. The molecule has 1 aliphatic rings. The topological polar surface area (TPSA) is 94.3 Å². The summed E-state index contributed by atoms with van der Waals surface area (Å²) in [5, 5.41) is 6.41. The second-order valence-electron chi connectivity index (χ2n) is 6.23. The Bertz CT molecular complexity index is 842. The number of urea groups is 1. The summed E-state index contributed by atoms with van der Waals surface area (Å²) in [5.41, 5.74) is 2.09. The molecule has 0 spiro atoms. The molecule has 1 aliphatic heterocycles. The van der Waals surface area contributed by atoms with E-state index >= 15 is 0 Å². The van der Waals surface area contributed by atoms with Crippen LogP contribution < -0.4 is 10.6 Å². The third-order valence-corrected chi connectivity index (χ3v) is 4.49. The number of rotatable bonds is 8. The highest BCUT2D eigenvalue weighted by Gasteiger charge is 2.37. The number of para-hydroxylation sites is 1. The van der Waals surface area contributed by atoms with Crippen LogP contribution >= 0.6 is 0 Å². The largest absolute Gasteiger partial charge is 0.361 e. The van der Waals surface area contributed by atoms with Gasteiger partial charge in [-0.3, -0.25) is 14.5 Å². The summed E-state index contributed by atoms with van der Waals surface area (Å²) in [6, 6.07) is 6.88. The van der Waals surface area contributed by atoms with Crippen molar-refractivity contribution in [1.82, 2.24) is 20.5 Å². The Morgan fingerprint density at radius 3 is 2.92 bits per heavy atom. The SMILES string of the molecule is C=CCNC(=O)CCC1NC(=O)N(CCc2c[nH]c3ccccc23)C1=O. The highest BCUT2D eigenvalue weighted by atomic mass is 16.2. The summed E-state index contributed by atoms with van der Waals surface area (Å²) < 4.78 is 0. The Morgan fingerprint density at radius 2 is 2.12 bits per heavy atom. The molecule has 7 heteroatoms. The highest BCUT2D eigenvalue weighted by molar-refractivity contribution is 6.04. The van der Waals surface area contributed by atoms with Gasteiger partial charge in [-0.1, -0.05) is 24.3 Å². The molecule has 0 radical (unpaired) electrons. The lowest BCUT2D eigenvalue weighted by Crippen LogP contribution is -2.34. The quantitative estimate of drug-likeness (QED) is 0.498. The molecule has 1 aromatic carbocycles. The average molecular weight is 354 g/mol. The molecule has 0 saturated carbocycles. The zero-order valence-electron chi connectivity index (χ0n) is 14.5. The minimum absolute atomic E-state index is 0.163. The van der Waals surface area contributed by atoms with Crippen molar-refractivity contribution in [3.05, 3.63) is 48.7 Å². The molecule has 1 unspecified atom stereocenters. The fraction of sp³-hybridized carbons (Fsp3) is 0.316. The molecule has 2 heterocycles. The molecule has 0 aliphatic carbocycles. The lowest BCUT2D eigenvalue weighted by Gasteiger charge is -2.12. The zero-order chi connectivity index (χ0) is 18.5. The molecule has 3 N–H and O–H groups in total. The van der Waals surface area contributed by atoms with Crippen molar-refractivity contribution in [2.45, 2.75) is 25.3 Å². The fourth-order valence-corrected chi connectivity index (χ4v) is 3.10. The number of carbonyl (C=O) groups is 3. The van der Waals surface area contributed by atoms with Crippen LogP contribution in [0.15, 0.2) is 43.1 Å². The van der Waals surface area contributed by atoms with Crippen molar-refractivity contribution in [3.8, 4) is 0 Å². The Hall–Kier alpha value is -3.09. The van der Waals surface area contributed by atoms with E-state index in [1.54, 1.807) is 6.08 Å². The Morgan fingerprint density at radius 1 is 1.31 bits per heavy atom. The van der Waals surface area contributed by atoms with Gasteiger partial charge in [-0.15, -0.1) is 6.58 Å². The van der Waals surface area contributed by atoms with E-state index in [0.717, 1.165) is 16.5 Å². The molecule has 1 saturated heterocycles. The van der Waals surface area contributed by atoms with Gasteiger partial charge in [0.2, 0.25) is 5.91 Å². The number of H-pyrrole nitrogens is 1. The summed E-state index contributed by atoms with van der Waals surface area (Å²) in [5.74, 6) is -0.435. The zero-order valence-corrected chi connectivity index (χ0v) is 14.5. The van der Waals surface area contributed by atoms with Gasteiger partial charge in [0.1, 0.15) is 6.04 Å². The number of aromatic nitrogens is 1. The van der Waals surface area contributed by atoms with Crippen LogP contribution in [0.2, 0.25) is 0 Å². The molecular formula is C19H22N4O3. The van der Waals surface area contributed by atoms with Crippen LogP contribution in [0.5, 0.6) is 0 Å². The van der Waals surface area contributed by atoms with Crippen LogP contribution in [0, 0.1) is 0 Å². The number of nitrogens with one attached hydrogen (secondary N) is 3. The van der Waals surface area contributed by atoms with Gasteiger partial charge in [-0.2, -0.15) is 0 Å². The molecule has 1 fully saturated rings. The number of benzene rings is 1. The van der Waals surface area contributed by atoms with Gasteiger partial charge in [0.25, 0.3) is 5.91 Å². The van der Waals surface area contributed by atoms with Crippen molar-refractivity contribution < 1.29 is 14.4 Å². The van der Waals surface area contributed by atoms with Gasteiger partial charge in [0.15, 0.2) is 0 Å². The van der Waals surface area contributed by atoms with E-state index in [0.29, 0.717) is 19.5 Å². The van der Waals surface area contributed by atoms with Crippen molar-refractivity contribution in [1.29, 1.82) is 0 Å². The van der Waals surface area contributed by atoms with Crippen LogP contribution in [0.4, 0.5) is 4.79 Å². The third-order valence-electron chi connectivity index (χ3n) is 4.49. The van der Waals surface area contributed by atoms with E-state index in [4.69, 9.17) is 0 Å². The van der Waals surface area contributed by atoms with Crippen LogP contribution in [0.3, 0.4) is 0 Å². The molecule has 26 heavy (non-hydrogen) atoms. The number of nitrogens with zero attached hydrogens (tertiary/aromatic N) is 1. The number of imide groups is 1. The molecule has 1 aromatic heterocycles. The van der Waals surface area contributed by atoms with Gasteiger partial charge < -0.3 is 15.6 Å². The normalized spacial score (nSPS) is 16.8. The molecule has 136 valence electrons. The Kier molecular flexibility index (Phi) is 5.36. The summed E-state index contributed by atoms with van der Waals surface area (Å²) >= 11 is 0. The van der Waals surface area contributed by atoms with E-state index in [-0.39, 0.29) is 24.7 Å². The van der Waals surface area contributed by atoms with Gasteiger partial charge in [0.05, 0.1) is 0 Å². The Balaban J connectivity index is 1.55. The van der Waals surface area contributed by atoms with Gasteiger partial charge >= 0.3 is 6.03 Å². The van der Waals surface area contributed by atoms with E-state index in [1.807, 2.05) is 30.5 Å². The number of hydrogen-bond donors (Lipinski definition) is 3. The molecule has 4 amide bonds. The van der Waals surface area contributed by atoms with Gasteiger partial charge in [0, 0.05) is 36.6 Å². The smallest absolute Gasteiger partial charge is 0.324 e. The average Bonchev–Trinajstić information content (AvgIpc) is 3.17. The summed E-state index contributed by atoms with van der Waals surface area (Å²) in [4.78, 5) is 40.6. The Labute approximate surface area is 151 Å². The standard InChI is InChI=1S/C19H22N4O3/c1-2-10-20-17(24)8-7-16-18(25)23(19(26)22-16)11-9-13-12-21-15-6-4-3-5-14(13)15/h2-6,12,16,21H,1,7-11H2,(H,20,24)(H,22,26). The first-order chi connectivity index (χ1) is 12.6. The van der Waals surface area contributed by atoms with E-state index in [2.05, 4.69) is 22.2 Å². The van der Waals surface area contributed by atoms with E-state index < -0.39 is 12.1 Å². The highest BCUT2D eigenvalue weighted by Crippen LogP contribution is 2.19. The van der Waals surface area contributed by atoms with Crippen LogP contribution in [-0.2, 0) is 16.0 Å². The second kappa shape index (κ2) is 7.86. The molecule has 2 aromatic rings. The molecule has 3 rings (SSSR count). The number of fused-ring (bicyclic) bond motifs is 1. The van der Waals surface area contributed by atoms with Crippen molar-refractivity contribution in [2.75, 3.05) is 13.1 Å². The number of hydrogen-bond acceptors (Lipinski definition) is 3.